The maximum atomic E-state index is 10.8. The van der Waals surface area contributed by atoms with Gasteiger partial charge in [0.25, 0.3) is 0 Å². The van der Waals surface area contributed by atoms with Crippen molar-refractivity contribution in [3.05, 3.63) is 0 Å². The molecule has 1 aliphatic rings. The van der Waals surface area contributed by atoms with E-state index in [1.165, 1.54) is 25.7 Å². The number of rotatable bonds is 4. The van der Waals surface area contributed by atoms with Crippen LogP contribution in [0.3, 0.4) is 0 Å². The summed E-state index contributed by atoms with van der Waals surface area (Å²) < 4.78 is 0. The summed E-state index contributed by atoms with van der Waals surface area (Å²) in [4.78, 5) is 10.8. The minimum absolute atomic E-state index is 0.0469. The molecule has 0 saturated heterocycles. The summed E-state index contributed by atoms with van der Waals surface area (Å²) in [6.07, 6.45) is 5.10. The Labute approximate surface area is 86.4 Å². The van der Waals surface area contributed by atoms with Gasteiger partial charge in [-0.1, -0.05) is 13.8 Å². The Bertz CT molecular complexity index is 186. The van der Waals surface area contributed by atoms with Gasteiger partial charge in [0.1, 0.15) is 0 Å². The number of hydrogen-bond acceptors (Lipinski definition) is 2. The van der Waals surface area contributed by atoms with Crippen molar-refractivity contribution in [2.75, 3.05) is 6.54 Å². The van der Waals surface area contributed by atoms with Gasteiger partial charge in [0.15, 0.2) is 0 Å². The highest BCUT2D eigenvalue weighted by Gasteiger charge is 2.18. The van der Waals surface area contributed by atoms with Crippen molar-refractivity contribution in [1.82, 2.24) is 5.32 Å². The van der Waals surface area contributed by atoms with Gasteiger partial charge < -0.3 is 11.1 Å². The molecule has 0 bridgehead atoms. The van der Waals surface area contributed by atoms with Crippen molar-refractivity contribution in [3.63, 3.8) is 0 Å². The van der Waals surface area contributed by atoms with Gasteiger partial charge in [0.05, 0.1) is 0 Å². The highest BCUT2D eigenvalue weighted by atomic mass is 16.1. The summed E-state index contributed by atoms with van der Waals surface area (Å²) in [6.45, 7) is 4.91. The molecule has 1 rings (SSSR count). The molecule has 0 aliphatic heterocycles. The summed E-state index contributed by atoms with van der Waals surface area (Å²) in [5.74, 6) is 0.623. The second kappa shape index (κ2) is 5.35. The SMILES string of the molecule is CC1CCC(NCC(C)C(N)=O)CC1. The first-order valence-corrected chi connectivity index (χ1v) is 5.62. The minimum atomic E-state index is -0.207. The molecule has 1 fully saturated rings. The van der Waals surface area contributed by atoms with E-state index in [2.05, 4.69) is 12.2 Å². The Morgan fingerprint density at radius 3 is 2.50 bits per heavy atom. The zero-order valence-electron chi connectivity index (χ0n) is 9.25. The Kier molecular flexibility index (Phi) is 4.39. The maximum Gasteiger partial charge on any atom is 0.221 e. The molecule has 14 heavy (non-hydrogen) atoms. The number of amides is 1. The summed E-state index contributed by atoms with van der Waals surface area (Å²) in [5.41, 5.74) is 5.19. The van der Waals surface area contributed by atoms with Gasteiger partial charge in [0, 0.05) is 18.5 Å². The lowest BCUT2D eigenvalue weighted by Crippen LogP contribution is -2.38. The molecule has 1 amide bonds. The molecule has 0 spiro atoms. The van der Waals surface area contributed by atoms with Gasteiger partial charge in [-0.2, -0.15) is 0 Å². The normalized spacial score (nSPS) is 29.9. The Balaban J connectivity index is 2.16. The van der Waals surface area contributed by atoms with Crippen LogP contribution >= 0.6 is 0 Å². The third-order valence-electron chi connectivity index (χ3n) is 3.21. The van der Waals surface area contributed by atoms with Crippen LogP contribution in [-0.2, 0) is 4.79 Å². The van der Waals surface area contributed by atoms with E-state index in [9.17, 15) is 4.79 Å². The third kappa shape index (κ3) is 3.66. The second-order valence-electron chi connectivity index (χ2n) is 4.67. The zero-order valence-corrected chi connectivity index (χ0v) is 9.25. The first kappa shape index (κ1) is 11.5. The van der Waals surface area contributed by atoms with Gasteiger partial charge in [-0.05, 0) is 31.6 Å². The van der Waals surface area contributed by atoms with Crippen LogP contribution in [0.15, 0.2) is 0 Å². The van der Waals surface area contributed by atoms with E-state index in [1.807, 2.05) is 6.92 Å². The van der Waals surface area contributed by atoms with Crippen molar-refractivity contribution in [3.8, 4) is 0 Å². The number of hydrogen-bond donors (Lipinski definition) is 2. The molecule has 1 atom stereocenters. The lowest BCUT2D eigenvalue weighted by Gasteiger charge is -2.27. The minimum Gasteiger partial charge on any atom is -0.369 e. The topological polar surface area (TPSA) is 55.1 Å². The molecule has 0 aromatic carbocycles. The molecule has 0 radical (unpaired) electrons. The van der Waals surface area contributed by atoms with Gasteiger partial charge in [-0.25, -0.2) is 0 Å². The molecule has 3 N–H and O–H groups in total. The lowest BCUT2D eigenvalue weighted by atomic mass is 9.87. The monoisotopic (exact) mass is 198 g/mol. The van der Waals surface area contributed by atoms with Crippen LogP contribution in [-0.4, -0.2) is 18.5 Å². The fraction of sp³-hybridized carbons (Fsp3) is 0.909. The fourth-order valence-corrected chi connectivity index (χ4v) is 1.91. The van der Waals surface area contributed by atoms with E-state index in [4.69, 9.17) is 5.73 Å². The molecule has 0 aromatic rings. The molecule has 0 aromatic heterocycles. The molecule has 1 aliphatic carbocycles. The number of carbonyl (C=O) groups is 1. The van der Waals surface area contributed by atoms with Crippen molar-refractivity contribution < 1.29 is 4.79 Å². The van der Waals surface area contributed by atoms with Crippen LogP contribution < -0.4 is 11.1 Å². The third-order valence-corrected chi connectivity index (χ3v) is 3.21. The van der Waals surface area contributed by atoms with E-state index in [-0.39, 0.29) is 11.8 Å². The van der Waals surface area contributed by atoms with Crippen molar-refractivity contribution in [2.45, 2.75) is 45.6 Å². The highest BCUT2D eigenvalue weighted by Crippen LogP contribution is 2.23. The van der Waals surface area contributed by atoms with Crippen molar-refractivity contribution in [2.24, 2.45) is 17.6 Å². The molecule has 1 saturated carbocycles. The Morgan fingerprint density at radius 2 is 2.00 bits per heavy atom. The molecule has 0 heterocycles. The molecular formula is C11H22N2O. The molecule has 1 unspecified atom stereocenters. The zero-order chi connectivity index (χ0) is 10.6. The van der Waals surface area contributed by atoms with E-state index in [1.54, 1.807) is 0 Å². The van der Waals surface area contributed by atoms with Crippen LogP contribution in [0.25, 0.3) is 0 Å². The van der Waals surface area contributed by atoms with E-state index in [0.717, 1.165) is 12.5 Å². The summed E-state index contributed by atoms with van der Waals surface area (Å²) in [6, 6.07) is 0.605. The fourth-order valence-electron chi connectivity index (χ4n) is 1.91. The average molecular weight is 198 g/mol. The van der Waals surface area contributed by atoms with Gasteiger partial charge in [-0.3, -0.25) is 4.79 Å². The number of primary amides is 1. The molecule has 3 heteroatoms. The molecule has 3 nitrogen and oxygen atoms in total. The van der Waals surface area contributed by atoms with Crippen LogP contribution in [0.4, 0.5) is 0 Å². The maximum absolute atomic E-state index is 10.8. The van der Waals surface area contributed by atoms with E-state index < -0.39 is 0 Å². The standard InChI is InChI=1S/C11H22N2O/c1-8-3-5-10(6-4-8)13-7-9(2)11(12)14/h8-10,13H,3-7H2,1-2H3,(H2,12,14). The Morgan fingerprint density at radius 1 is 1.43 bits per heavy atom. The van der Waals surface area contributed by atoms with Crippen LogP contribution in [0.1, 0.15) is 39.5 Å². The van der Waals surface area contributed by atoms with Gasteiger partial charge >= 0.3 is 0 Å². The lowest BCUT2D eigenvalue weighted by molar-refractivity contribution is -0.121. The number of carbonyl (C=O) groups excluding carboxylic acids is 1. The predicted molar refractivity (Wildman–Crippen MR) is 57.8 cm³/mol. The largest absolute Gasteiger partial charge is 0.369 e. The van der Waals surface area contributed by atoms with Gasteiger partial charge in [0.2, 0.25) is 5.91 Å². The Hall–Kier alpha value is -0.570. The van der Waals surface area contributed by atoms with E-state index >= 15 is 0 Å². The quantitative estimate of drug-likeness (QED) is 0.715. The van der Waals surface area contributed by atoms with Crippen molar-refractivity contribution in [1.29, 1.82) is 0 Å². The molecular weight excluding hydrogens is 176 g/mol. The van der Waals surface area contributed by atoms with Crippen LogP contribution in [0.5, 0.6) is 0 Å². The number of nitrogens with two attached hydrogens (primary N) is 1. The van der Waals surface area contributed by atoms with Crippen LogP contribution in [0.2, 0.25) is 0 Å². The summed E-state index contributed by atoms with van der Waals surface area (Å²) in [7, 11) is 0. The van der Waals surface area contributed by atoms with Crippen molar-refractivity contribution >= 4 is 5.91 Å². The molecule has 82 valence electrons. The highest BCUT2D eigenvalue weighted by molar-refractivity contribution is 5.76. The first-order chi connectivity index (χ1) is 6.59. The van der Waals surface area contributed by atoms with E-state index in [0.29, 0.717) is 6.04 Å². The smallest absolute Gasteiger partial charge is 0.221 e. The number of nitrogens with one attached hydrogen (secondary N) is 1. The van der Waals surface area contributed by atoms with Crippen LogP contribution in [0, 0.1) is 11.8 Å². The van der Waals surface area contributed by atoms with Gasteiger partial charge in [-0.15, -0.1) is 0 Å². The predicted octanol–water partition coefficient (Wildman–Crippen LogP) is 1.28. The summed E-state index contributed by atoms with van der Waals surface area (Å²) >= 11 is 0. The average Bonchev–Trinajstić information content (AvgIpc) is 2.16. The first-order valence-electron chi connectivity index (χ1n) is 5.62. The second-order valence-corrected chi connectivity index (χ2v) is 4.67. The summed E-state index contributed by atoms with van der Waals surface area (Å²) in [5, 5.41) is 3.42.